The highest BCUT2D eigenvalue weighted by Gasteiger charge is 2.35. The molecule has 0 heterocycles. The van der Waals surface area contributed by atoms with Gasteiger partial charge in [-0.25, -0.2) is 4.79 Å². The van der Waals surface area contributed by atoms with Gasteiger partial charge >= 0.3 is 6.09 Å². The molecule has 196 valence electrons. The summed E-state index contributed by atoms with van der Waals surface area (Å²) < 4.78 is 10.4. The van der Waals surface area contributed by atoms with E-state index in [2.05, 4.69) is 16.6 Å². The molecule has 4 N–H and O–H groups in total. The van der Waals surface area contributed by atoms with Crippen molar-refractivity contribution in [2.75, 3.05) is 19.5 Å². The normalized spacial score (nSPS) is 12.3. The maximum atomic E-state index is 13.5. The van der Waals surface area contributed by atoms with E-state index in [1.54, 1.807) is 69.3 Å². The van der Waals surface area contributed by atoms with E-state index in [1.807, 2.05) is 0 Å². The fourth-order valence-electron chi connectivity index (χ4n) is 3.42. The van der Waals surface area contributed by atoms with Gasteiger partial charge in [0.25, 0.3) is 5.91 Å². The minimum atomic E-state index is -1.36. The number of terminal acetylenes is 1. The minimum absolute atomic E-state index is 0.455. The number of carbonyl (C=O) groups excluding carboxylic acids is 4. The lowest BCUT2D eigenvalue weighted by Crippen LogP contribution is -2.52. The summed E-state index contributed by atoms with van der Waals surface area (Å²) >= 11 is 0. The van der Waals surface area contributed by atoms with E-state index in [4.69, 9.17) is 21.6 Å². The smallest absolute Gasteiger partial charge is 0.408 e. The van der Waals surface area contributed by atoms with Crippen molar-refractivity contribution in [2.45, 2.75) is 44.9 Å². The Morgan fingerprint density at radius 1 is 1.05 bits per heavy atom. The molecule has 0 aliphatic rings. The first-order valence-corrected chi connectivity index (χ1v) is 11.4. The van der Waals surface area contributed by atoms with Gasteiger partial charge in [0.05, 0.1) is 13.5 Å². The van der Waals surface area contributed by atoms with Gasteiger partial charge in [0.15, 0.2) is 0 Å². The summed E-state index contributed by atoms with van der Waals surface area (Å²) in [5.41, 5.74) is 6.00. The van der Waals surface area contributed by atoms with Gasteiger partial charge in [0.2, 0.25) is 11.8 Å². The molecule has 2 aromatic rings. The summed E-state index contributed by atoms with van der Waals surface area (Å²) in [4.78, 5) is 52.1. The second-order valence-electron chi connectivity index (χ2n) is 9.21. The van der Waals surface area contributed by atoms with Gasteiger partial charge in [-0.1, -0.05) is 18.1 Å². The number of benzene rings is 2. The van der Waals surface area contributed by atoms with Crippen LogP contribution in [0.5, 0.6) is 5.75 Å². The number of methoxy groups -OCH3 is 1. The summed E-state index contributed by atoms with van der Waals surface area (Å²) in [5.74, 6) is 1.03. The van der Waals surface area contributed by atoms with E-state index in [0.29, 0.717) is 22.6 Å². The fourth-order valence-corrected chi connectivity index (χ4v) is 3.42. The van der Waals surface area contributed by atoms with Gasteiger partial charge in [0, 0.05) is 18.3 Å². The number of hydrogen-bond donors (Lipinski definition) is 3. The molecule has 10 heteroatoms. The van der Waals surface area contributed by atoms with E-state index >= 15 is 0 Å². The summed E-state index contributed by atoms with van der Waals surface area (Å²) in [6.45, 7) is 4.97. The van der Waals surface area contributed by atoms with Gasteiger partial charge in [0.1, 0.15) is 23.4 Å². The van der Waals surface area contributed by atoms with Crippen LogP contribution in [-0.4, -0.2) is 54.5 Å². The number of likely N-dealkylation sites (N-methyl/N-ethyl adjacent to an activating group) is 1. The van der Waals surface area contributed by atoms with Crippen LogP contribution in [0.25, 0.3) is 0 Å². The lowest BCUT2D eigenvalue weighted by Gasteiger charge is -2.31. The molecule has 0 fully saturated rings. The van der Waals surface area contributed by atoms with Gasteiger partial charge in [-0.2, -0.15) is 0 Å². The molecule has 0 aliphatic carbocycles. The Labute approximate surface area is 216 Å². The summed E-state index contributed by atoms with van der Waals surface area (Å²) in [6.07, 6.45) is 4.05. The first kappa shape index (κ1) is 28.7. The number of primary amides is 1. The van der Waals surface area contributed by atoms with Crippen LogP contribution in [0.15, 0.2) is 48.5 Å². The predicted molar refractivity (Wildman–Crippen MR) is 138 cm³/mol. The molecule has 0 radical (unpaired) electrons. The Morgan fingerprint density at radius 3 is 2.14 bits per heavy atom. The van der Waals surface area contributed by atoms with Crippen LogP contribution in [-0.2, 0) is 19.1 Å². The summed E-state index contributed by atoms with van der Waals surface area (Å²) in [7, 11) is 2.92. The molecular formula is C27H32N4O6. The quantitative estimate of drug-likeness (QED) is 0.445. The number of amides is 4. The van der Waals surface area contributed by atoms with Crippen molar-refractivity contribution in [1.82, 2.24) is 10.2 Å². The van der Waals surface area contributed by atoms with Crippen LogP contribution in [0.4, 0.5) is 10.5 Å². The highest BCUT2D eigenvalue weighted by atomic mass is 16.6. The van der Waals surface area contributed by atoms with E-state index in [9.17, 15) is 19.2 Å². The van der Waals surface area contributed by atoms with Gasteiger partial charge in [-0.05, 0) is 62.7 Å². The maximum absolute atomic E-state index is 13.5. The number of nitrogens with one attached hydrogen (secondary N) is 2. The molecule has 0 saturated carbocycles. The van der Waals surface area contributed by atoms with Crippen molar-refractivity contribution in [3.05, 3.63) is 59.7 Å². The van der Waals surface area contributed by atoms with Crippen molar-refractivity contribution in [3.8, 4) is 18.1 Å². The largest absolute Gasteiger partial charge is 0.497 e. The van der Waals surface area contributed by atoms with Gasteiger partial charge in [-0.3, -0.25) is 14.4 Å². The Hall–Kier alpha value is -4.52. The van der Waals surface area contributed by atoms with E-state index in [-0.39, 0.29) is 0 Å². The van der Waals surface area contributed by atoms with E-state index in [0.717, 1.165) is 4.90 Å². The Kier molecular flexibility index (Phi) is 9.66. The third kappa shape index (κ3) is 8.58. The highest BCUT2D eigenvalue weighted by Crippen LogP contribution is 2.24. The highest BCUT2D eigenvalue weighted by molar-refractivity contribution is 5.99. The average Bonchev–Trinajstić information content (AvgIpc) is 2.82. The molecule has 0 bridgehead atoms. The molecule has 2 aromatic carbocycles. The van der Waals surface area contributed by atoms with Crippen molar-refractivity contribution >= 4 is 29.5 Å². The number of rotatable bonds is 9. The van der Waals surface area contributed by atoms with Crippen LogP contribution in [0.3, 0.4) is 0 Å². The van der Waals surface area contributed by atoms with Crippen molar-refractivity contribution in [2.24, 2.45) is 5.73 Å². The Morgan fingerprint density at radius 2 is 1.65 bits per heavy atom. The molecule has 2 rings (SSSR count). The third-order valence-electron chi connectivity index (χ3n) is 5.13. The number of ether oxygens (including phenoxy) is 2. The standard InChI is InChI=1S/C27H32N4O6/c1-7-17-8-10-18(11-9-17)23(24(33)29-19-12-14-20(36-6)15-13-19)31(5)25(34)21(16-22(28)32)30-26(35)37-27(2,3)4/h1,8-15,21,23H,16H2,2-6H3,(H2,28,32)(H,29,33)(H,30,35). The van der Waals surface area contributed by atoms with Crippen LogP contribution in [0, 0.1) is 12.3 Å². The van der Waals surface area contributed by atoms with Crippen LogP contribution >= 0.6 is 0 Å². The first-order valence-electron chi connectivity index (χ1n) is 11.4. The number of anilines is 1. The monoisotopic (exact) mass is 508 g/mol. The molecule has 37 heavy (non-hydrogen) atoms. The molecule has 0 aliphatic heterocycles. The Bertz CT molecular complexity index is 1160. The fraction of sp³-hybridized carbons (Fsp3) is 0.333. The summed E-state index contributed by atoms with van der Waals surface area (Å²) in [5, 5.41) is 5.16. The topological polar surface area (TPSA) is 140 Å². The second kappa shape index (κ2) is 12.4. The molecule has 0 aromatic heterocycles. The lowest BCUT2D eigenvalue weighted by molar-refractivity contribution is -0.140. The number of hydrogen-bond acceptors (Lipinski definition) is 6. The SMILES string of the molecule is C#Cc1ccc(C(C(=O)Nc2ccc(OC)cc2)N(C)C(=O)C(CC(N)=O)NC(=O)OC(C)(C)C)cc1. The summed E-state index contributed by atoms with van der Waals surface area (Å²) in [6, 6.07) is 10.7. The average molecular weight is 509 g/mol. The number of alkyl carbamates (subject to hydrolysis) is 1. The molecule has 0 saturated heterocycles. The molecule has 2 unspecified atom stereocenters. The van der Waals surface area contributed by atoms with Crippen molar-refractivity contribution in [3.63, 3.8) is 0 Å². The van der Waals surface area contributed by atoms with E-state index in [1.165, 1.54) is 14.2 Å². The zero-order valence-corrected chi connectivity index (χ0v) is 21.5. The van der Waals surface area contributed by atoms with E-state index < -0.39 is 47.9 Å². The molecule has 4 amide bonds. The first-order chi connectivity index (χ1) is 17.3. The molecule has 0 spiro atoms. The minimum Gasteiger partial charge on any atom is -0.497 e. The van der Waals surface area contributed by atoms with Crippen LogP contribution in [0.2, 0.25) is 0 Å². The van der Waals surface area contributed by atoms with Gasteiger partial charge < -0.3 is 30.7 Å². The van der Waals surface area contributed by atoms with Crippen LogP contribution in [0.1, 0.15) is 44.4 Å². The number of nitrogens with zero attached hydrogens (tertiary/aromatic N) is 1. The second-order valence-corrected chi connectivity index (χ2v) is 9.21. The van der Waals surface area contributed by atoms with Gasteiger partial charge in [-0.15, -0.1) is 6.42 Å². The number of carbonyl (C=O) groups is 4. The molecular weight excluding hydrogens is 476 g/mol. The van der Waals surface area contributed by atoms with Crippen molar-refractivity contribution in [1.29, 1.82) is 0 Å². The number of nitrogens with two attached hydrogens (primary N) is 1. The third-order valence-corrected chi connectivity index (χ3v) is 5.13. The lowest BCUT2D eigenvalue weighted by atomic mass is 10.0. The zero-order chi connectivity index (χ0) is 27.8. The predicted octanol–water partition coefficient (Wildman–Crippen LogP) is 2.58. The zero-order valence-electron chi connectivity index (χ0n) is 21.5. The maximum Gasteiger partial charge on any atom is 0.408 e. The van der Waals surface area contributed by atoms with Crippen LogP contribution < -0.4 is 21.1 Å². The van der Waals surface area contributed by atoms with Crippen molar-refractivity contribution < 1.29 is 28.7 Å². The Balaban J connectivity index is 2.39. The molecule has 2 atom stereocenters. The molecule has 10 nitrogen and oxygen atoms in total.